The fourth-order valence-corrected chi connectivity index (χ4v) is 3.49. The molecule has 0 saturated carbocycles. The SMILES string of the molecule is N#Cc1ccnnc1N1CCC(Cn2cnc(-c3ccncc3)cc2=O)CC1. The molecule has 0 aromatic carbocycles. The van der Waals surface area contributed by atoms with E-state index < -0.39 is 0 Å². The van der Waals surface area contributed by atoms with Gasteiger partial charge >= 0.3 is 0 Å². The molecule has 0 amide bonds. The van der Waals surface area contributed by atoms with E-state index in [4.69, 9.17) is 0 Å². The van der Waals surface area contributed by atoms with E-state index in [0.29, 0.717) is 29.5 Å². The maximum Gasteiger partial charge on any atom is 0.253 e. The van der Waals surface area contributed by atoms with Crippen molar-refractivity contribution in [3.05, 3.63) is 65.1 Å². The Hall–Kier alpha value is -3.60. The third-order valence-electron chi connectivity index (χ3n) is 5.05. The predicted octanol–water partition coefficient (Wildman–Crippen LogP) is 1.88. The van der Waals surface area contributed by atoms with E-state index in [-0.39, 0.29) is 5.56 Å². The van der Waals surface area contributed by atoms with Crippen LogP contribution in [0, 0.1) is 17.2 Å². The number of hydrogen-bond acceptors (Lipinski definition) is 7. The molecule has 0 atom stereocenters. The second kappa shape index (κ2) is 7.96. The van der Waals surface area contributed by atoms with Crippen molar-refractivity contribution in [1.82, 2.24) is 24.7 Å². The summed E-state index contributed by atoms with van der Waals surface area (Å²) in [6.07, 6.45) is 8.36. The first-order valence-corrected chi connectivity index (χ1v) is 9.18. The number of rotatable bonds is 4. The molecular weight excluding hydrogens is 354 g/mol. The molecule has 8 nitrogen and oxygen atoms in total. The topological polar surface area (TPSA) is 101 Å². The number of nitriles is 1. The van der Waals surface area contributed by atoms with E-state index in [1.807, 2.05) is 12.1 Å². The number of nitrogens with zero attached hydrogens (tertiary/aromatic N) is 7. The number of pyridine rings is 1. The van der Waals surface area contributed by atoms with Crippen LogP contribution in [-0.2, 0) is 6.54 Å². The third kappa shape index (κ3) is 3.74. The maximum absolute atomic E-state index is 12.5. The van der Waals surface area contributed by atoms with Crippen LogP contribution in [0.2, 0.25) is 0 Å². The third-order valence-corrected chi connectivity index (χ3v) is 5.05. The molecule has 3 aromatic heterocycles. The summed E-state index contributed by atoms with van der Waals surface area (Å²) >= 11 is 0. The summed E-state index contributed by atoms with van der Waals surface area (Å²) in [5.41, 5.74) is 2.03. The number of hydrogen-bond donors (Lipinski definition) is 0. The first kappa shape index (κ1) is 17.8. The lowest BCUT2D eigenvalue weighted by Gasteiger charge is -2.32. The zero-order valence-electron chi connectivity index (χ0n) is 15.3. The Balaban J connectivity index is 1.41. The Kier molecular flexibility index (Phi) is 5.06. The van der Waals surface area contributed by atoms with Crippen molar-refractivity contribution in [1.29, 1.82) is 5.26 Å². The fourth-order valence-electron chi connectivity index (χ4n) is 3.49. The first-order valence-electron chi connectivity index (χ1n) is 9.18. The van der Waals surface area contributed by atoms with Crippen LogP contribution in [-0.4, -0.2) is 37.8 Å². The molecule has 1 fully saturated rings. The molecule has 0 aliphatic carbocycles. The van der Waals surface area contributed by atoms with Gasteiger partial charge in [-0.2, -0.15) is 10.4 Å². The quantitative estimate of drug-likeness (QED) is 0.688. The van der Waals surface area contributed by atoms with E-state index in [2.05, 4.69) is 31.1 Å². The maximum atomic E-state index is 12.5. The summed E-state index contributed by atoms with van der Waals surface area (Å²) in [5.74, 6) is 1.02. The molecular formula is C20H19N7O. The largest absolute Gasteiger partial charge is 0.354 e. The summed E-state index contributed by atoms with van der Waals surface area (Å²) in [7, 11) is 0. The number of anilines is 1. The van der Waals surface area contributed by atoms with E-state index >= 15 is 0 Å². The minimum atomic E-state index is -0.0510. The molecule has 1 saturated heterocycles. The van der Waals surface area contributed by atoms with Crippen molar-refractivity contribution in [3.63, 3.8) is 0 Å². The van der Waals surface area contributed by atoms with Gasteiger partial charge in [0.2, 0.25) is 0 Å². The lowest BCUT2D eigenvalue weighted by atomic mass is 9.96. The lowest BCUT2D eigenvalue weighted by molar-refractivity contribution is 0.350. The van der Waals surface area contributed by atoms with Crippen LogP contribution in [0.3, 0.4) is 0 Å². The van der Waals surface area contributed by atoms with Crippen LogP contribution in [0.15, 0.2) is 54.0 Å². The molecule has 0 spiro atoms. The monoisotopic (exact) mass is 373 g/mol. The van der Waals surface area contributed by atoms with Crippen molar-refractivity contribution >= 4 is 5.82 Å². The highest BCUT2D eigenvalue weighted by atomic mass is 16.1. The van der Waals surface area contributed by atoms with Gasteiger partial charge in [-0.3, -0.25) is 14.3 Å². The Morgan fingerprint density at radius 1 is 1.14 bits per heavy atom. The van der Waals surface area contributed by atoms with E-state index in [0.717, 1.165) is 31.5 Å². The Morgan fingerprint density at radius 3 is 2.64 bits per heavy atom. The van der Waals surface area contributed by atoms with E-state index in [9.17, 15) is 10.1 Å². The average molecular weight is 373 g/mol. The van der Waals surface area contributed by atoms with Crippen molar-refractivity contribution in [2.45, 2.75) is 19.4 Å². The summed E-state index contributed by atoms with van der Waals surface area (Å²) < 4.78 is 1.67. The van der Waals surface area contributed by atoms with E-state index in [1.165, 1.54) is 6.20 Å². The van der Waals surface area contributed by atoms with Crippen molar-refractivity contribution in [2.75, 3.05) is 18.0 Å². The first-order chi connectivity index (χ1) is 13.7. The van der Waals surface area contributed by atoms with Gasteiger partial charge in [0.25, 0.3) is 5.56 Å². The van der Waals surface area contributed by atoms with Gasteiger partial charge < -0.3 is 4.90 Å². The summed E-state index contributed by atoms with van der Waals surface area (Å²) in [6.45, 7) is 2.21. The minimum Gasteiger partial charge on any atom is -0.354 e. The normalized spacial score (nSPS) is 14.6. The molecule has 4 rings (SSSR count). The molecule has 0 N–H and O–H groups in total. The van der Waals surface area contributed by atoms with Crippen LogP contribution in [0.5, 0.6) is 0 Å². The molecule has 1 aliphatic rings. The van der Waals surface area contributed by atoms with Crippen molar-refractivity contribution < 1.29 is 0 Å². The standard InChI is InChI=1S/C20H19N7O/c21-12-17-3-8-24-25-20(17)26-9-4-15(5-10-26)13-27-14-23-18(11-19(27)28)16-1-6-22-7-2-16/h1-3,6-8,11,14-15H,4-5,9-10,13H2. The van der Waals surface area contributed by atoms with Crippen molar-refractivity contribution in [3.8, 4) is 17.3 Å². The molecule has 0 bridgehead atoms. The zero-order chi connectivity index (χ0) is 19.3. The van der Waals surface area contributed by atoms with Gasteiger partial charge in [0.1, 0.15) is 6.07 Å². The van der Waals surface area contributed by atoms with Crippen LogP contribution in [0.25, 0.3) is 11.3 Å². The molecule has 28 heavy (non-hydrogen) atoms. The molecule has 140 valence electrons. The Labute approximate surface area is 162 Å². The van der Waals surface area contributed by atoms with Crippen LogP contribution in [0.1, 0.15) is 18.4 Å². The van der Waals surface area contributed by atoms with Crippen LogP contribution in [0.4, 0.5) is 5.82 Å². The zero-order valence-corrected chi connectivity index (χ0v) is 15.3. The highest BCUT2D eigenvalue weighted by molar-refractivity contribution is 5.57. The molecule has 3 aromatic rings. The van der Waals surface area contributed by atoms with Crippen LogP contribution < -0.4 is 10.5 Å². The van der Waals surface area contributed by atoms with Gasteiger partial charge in [-0.1, -0.05) is 0 Å². The highest BCUT2D eigenvalue weighted by Crippen LogP contribution is 2.24. The molecule has 8 heteroatoms. The number of aromatic nitrogens is 5. The van der Waals surface area contributed by atoms with Crippen LogP contribution >= 0.6 is 0 Å². The Bertz CT molecular complexity index is 1050. The summed E-state index contributed by atoms with van der Waals surface area (Å²) in [6, 6.07) is 9.10. The van der Waals surface area contributed by atoms with E-state index in [1.54, 1.807) is 35.4 Å². The fraction of sp³-hybridized carbons (Fsp3) is 0.300. The predicted molar refractivity (Wildman–Crippen MR) is 103 cm³/mol. The van der Waals surface area contributed by atoms with Gasteiger partial charge in [0, 0.05) is 43.7 Å². The summed E-state index contributed by atoms with van der Waals surface area (Å²) in [5, 5.41) is 17.3. The van der Waals surface area contributed by atoms with Crippen molar-refractivity contribution in [2.24, 2.45) is 5.92 Å². The molecule has 0 unspecified atom stereocenters. The van der Waals surface area contributed by atoms with Gasteiger partial charge in [-0.05, 0) is 37.0 Å². The van der Waals surface area contributed by atoms with Gasteiger partial charge in [0.15, 0.2) is 5.82 Å². The van der Waals surface area contributed by atoms with Gasteiger partial charge in [-0.25, -0.2) is 4.98 Å². The summed E-state index contributed by atoms with van der Waals surface area (Å²) in [4.78, 5) is 23.0. The number of piperidine rings is 1. The smallest absolute Gasteiger partial charge is 0.253 e. The molecule has 4 heterocycles. The van der Waals surface area contributed by atoms with Gasteiger partial charge in [-0.15, -0.1) is 5.10 Å². The molecule has 0 radical (unpaired) electrons. The molecule has 1 aliphatic heterocycles. The lowest BCUT2D eigenvalue weighted by Crippen LogP contribution is -2.37. The average Bonchev–Trinajstić information content (AvgIpc) is 2.76. The highest BCUT2D eigenvalue weighted by Gasteiger charge is 2.23. The second-order valence-corrected chi connectivity index (χ2v) is 6.81. The minimum absolute atomic E-state index is 0.0510. The Morgan fingerprint density at radius 2 is 1.93 bits per heavy atom. The second-order valence-electron chi connectivity index (χ2n) is 6.81. The van der Waals surface area contributed by atoms with Gasteiger partial charge in [0.05, 0.1) is 23.8 Å².